The summed E-state index contributed by atoms with van der Waals surface area (Å²) in [6.45, 7) is 7.11. The van der Waals surface area contributed by atoms with Crippen molar-refractivity contribution < 1.29 is 0 Å². The van der Waals surface area contributed by atoms with E-state index in [-0.39, 0.29) is 0 Å². The molecule has 0 saturated heterocycles. The lowest BCUT2D eigenvalue weighted by atomic mass is 10.2. The maximum absolute atomic E-state index is 3.30. The van der Waals surface area contributed by atoms with Crippen LogP contribution in [0.15, 0.2) is 37.4 Å². The molecule has 0 saturated carbocycles. The first-order valence-electron chi connectivity index (χ1n) is 3.78. The van der Waals surface area contributed by atoms with Crippen LogP contribution < -0.4 is 5.32 Å². The van der Waals surface area contributed by atoms with Gasteiger partial charge in [0.25, 0.3) is 0 Å². The Morgan fingerprint density at radius 2 is 1.91 bits per heavy atom. The number of fused-ring (bicyclic) bond motifs is 1. The van der Waals surface area contributed by atoms with Gasteiger partial charge in [-0.05, 0) is 18.1 Å². The van der Waals surface area contributed by atoms with Gasteiger partial charge in [-0.3, -0.25) is 0 Å². The van der Waals surface area contributed by atoms with E-state index in [0.717, 1.165) is 6.54 Å². The molecule has 0 aromatic heterocycles. The van der Waals surface area contributed by atoms with Crippen LogP contribution in [-0.2, 0) is 6.42 Å². The molecule has 11 heavy (non-hydrogen) atoms. The van der Waals surface area contributed by atoms with E-state index in [9.17, 15) is 0 Å². The average molecular weight is 147 g/mol. The summed E-state index contributed by atoms with van der Waals surface area (Å²) in [6, 6.07) is 8.46. The predicted octanol–water partition coefficient (Wildman–Crippen LogP) is 2.46. The Bertz CT molecular complexity index is 207. The molecule has 0 fully saturated rings. The fraction of sp³-hybridized carbons (Fsp3) is 0.200. The summed E-state index contributed by atoms with van der Waals surface area (Å²) in [5.74, 6) is 0. The van der Waals surface area contributed by atoms with Gasteiger partial charge in [-0.25, -0.2) is 0 Å². The highest BCUT2D eigenvalue weighted by Gasteiger charge is 2.05. The molecule has 0 unspecified atom stereocenters. The van der Waals surface area contributed by atoms with Crippen LogP contribution in [0.4, 0.5) is 5.69 Å². The lowest BCUT2D eigenvalue weighted by Gasteiger charge is -1.94. The Morgan fingerprint density at radius 3 is 2.64 bits per heavy atom. The topological polar surface area (TPSA) is 12.0 Å². The van der Waals surface area contributed by atoms with Crippen molar-refractivity contribution in [3.05, 3.63) is 43.0 Å². The summed E-state index contributed by atoms with van der Waals surface area (Å²) in [7, 11) is 0. The van der Waals surface area contributed by atoms with Crippen molar-refractivity contribution >= 4 is 5.69 Å². The van der Waals surface area contributed by atoms with Crippen molar-refractivity contribution in [2.45, 2.75) is 6.42 Å². The summed E-state index contributed by atoms with van der Waals surface area (Å²) in [5, 5.41) is 3.30. The smallest absolute Gasteiger partial charge is 0.0373 e. The van der Waals surface area contributed by atoms with Crippen molar-refractivity contribution in [1.29, 1.82) is 0 Å². The molecule has 2 rings (SSSR count). The van der Waals surface area contributed by atoms with Gasteiger partial charge in [0.15, 0.2) is 0 Å². The van der Waals surface area contributed by atoms with Crippen molar-refractivity contribution in [2.24, 2.45) is 0 Å². The van der Waals surface area contributed by atoms with E-state index >= 15 is 0 Å². The summed E-state index contributed by atoms with van der Waals surface area (Å²) in [5.41, 5.74) is 2.77. The monoisotopic (exact) mass is 147 g/mol. The second kappa shape index (κ2) is 3.81. The molecule has 0 radical (unpaired) electrons. The molecule has 1 aliphatic rings. The first-order chi connectivity index (χ1) is 5.47. The van der Waals surface area contributed by atoms with Crippen molar-refractivity contribution in [3.8, 4) is 0 Å². The number of hydrogen-bond donors (Lipinski definition) is 1. The van der Waals surface area contributed by atoms with E-state index in [1.54, 1.807) is 0 Å². The maximum Gasteiger partial charge on any atom is 0.0373 e. The van der Waals surface area contributed by atoms with Crippen molar-refractivity contribution in [1.82, 2.24) is 0 Å². The van der Waals surface area contributed by atoms with E-state index in [1.165, 1.54) is 17.7 Å². The van der Waals surface area contributed by atoms with Crippen LogP contribution >= 0.6 is 0 Å². The van der Waals surface area contributed by atoms with Crippen LogP contribution in [0, 0.1) is 0 Å². The average Bonchev–Trinajstić information content (AvgIpc) is 2.55. The highest BCUT2D eigenvalue weighted by Crippen LogP contribution is 2.19. The molecule has 0 bridgehead atoms. The fourth-order valence-corrected chi connectivity index (χ4v) is 1.24. The molecule has 1 aromatic carbocycles. The van der Waals surface area contributed by atoms with E-state index in [4.69, 9.17) is 0 Å². The van der Waals surface area contributed by atoms with Gasteiger partial charge in [-0.1, -0.05) is 18.2 Å². The van der Waals surface area contributed by atoms with Gasteiger partial charge in [0, 0.05) is 12.2 Å². The molecular formula is C10H13N. The molecule has 0 spiro atoms. The normalized spacial score (nSPS) is 12.4. The molecule has 0 amide bonds. The standard InChI is InChI=1S/C8H9N.C2H4/c1-2-4-8-7(3-1)5-6-9-8;1-2/h1-4,9H,5-6H2;1-2H2. The molecule has 1 aliphatic heterocycles. The maximum atomic E-state index is 3.30. The first-order valence-corrected chi connectivity index (χ1v) is 3.78. The van der Waals surface area contributed by atoms with Crippen LogP contribution in [0.3, 0.4) is 0 Å². The number of benzene rings is 1. The minimum absolute atomic E-state index is 1.11. The van der Waals surface area contributed by atoms with Gasteiger partial charge >= 0.3 is 0 Å². The van der Waals surface area contributed by atoms with Crippen LogP contribution in [0.2, 0.25) is 0 Å². The van der Waals surface area contributed by atoms with Gasteiger partial charge in [0.1, 0.15) is 0 Å². The predicted molar refractivity (Wildman–Crippen MR) is 49.9 cm³/mol. The zero-order valence-corrected chi connectivity index (χ0v) is 6.64. The molecule has 1 N–H and O–H groups in total. The van der Waals surface area contributed by atoms with Gasteiger partial charge in [-0.15, -0.1) is 13.2 Å². The minimum atomic E-state index is 1.11. The zero-order chi connectivity index (χ0) is 8.10. The molecule has 1 nitrogen and oxygen atoms in total. The highest BCUT2D eigenvalue weighted by atomic mass is 14.9. The number of rotatable bonds is 0. The molecule has 1 heteroatoms. The van der Waals surface area contributed by atoms with Gasteiger partial charge in [-0.2, -0.15) is 0 Å². The van der Waals surface area contributed by atoms with Crippen LogP contribution in [0.1, 0.15) is 5.56 Å². The van der Waals surface area contributed by atoms with Gasteiger partial charge in [0.05, 0.1) is 0 Å². The third-order valence-electron chi connectivity index (χ3n) is 1.73. The van der Waals surface area contributed by atoms with E-state index in [2.05, 4.69) is 42.7 Å². The van der Waals surface area contributed by atoms with Crippen molar-refractivity contribution in [3.63, 3.8) is 0 Å². The Balaban J connectivity index is 0.000000281. The number of nitrogens with one attached hydrogen (secondary N) is 1. The Hall–Kier alpha value is -1.24. The molecule has 0 aliphatic carbocycles. The summed E-state index contributed by atoms with van der Waals surface area (Å²) < 4.78 is 0. The third kappa shape index (κ3) is 1.61. The van der Waals surface area contributed by atoms with Gasteiger partial charge in [0.2, 0.25) is 0 Å². The molecule has 1 heterocycles. The Morgan fingerprint density at radius 1 is 1.18 bits per heavy atom. The van der Waals surface area contributed by atoms with E-state index in [0.29, 0.717) is 0 Å². The SMILES string of the molecule is C=C.c1ccc2c(c1)CCN2. The zero-order valence-electron chi connectivity index (χ0n) is 6.64. The number of para-hydroxylation sites is 1. The van der Waals surface area contributed by atoms with E-state index < -0.39 is 0 Å². The lowest BCUT2D eigenvalue weighted by molar-refractivity contribution is 1.11. The number of hydrogen-bond acceptors (Lipinski definition) is 1. The second-order valence-corrected chi connectivity index (χ2v) is 2.33. The number of anilines is 1. The Labute approximate surface area is 67.8 Å². The van der Waals surface area contributed by atoms with E-state index in [1.807, 2.05) is 0 Å². The molecule has 1 aromatic rings. The third-order valence-corrected chi connectivity index (χ3v) is 1.73. The van der Waals surface area contributed by atoms with Gasteiger partial charge < -0.3 is 5.32 Å². The second-order valence-electron chi connectivity index (χ2n) is 2.33. The Kier molecular flexibility index (Phi) is 2.73. The largest absolute Gasteiger partial charge is 0.384 e. The molecule has 58 valence electrons. The first kappa shape index (κ1) is 7.86. The summed E-state index contributed by atoms with van der Waals surface area (Å²) in [6.07, 6.45) is 1.19. The highest BCUT2D eigenvalue weighted by molar-refractivity contribution is 5.54. The van der Waals surface area contributed by atoms with Crippen molar-refractivity contribution in [2.75, 3.05) is 11.9 Å². The lowest BCUT2D eigenvalue weighted by Crippen LogP contribution is -1.90. The molecular weight excluding hydrogens is 134 g/mol. The summed E-state index contributed by atoms with van der Waals surface area (Å²) >= 11 is 0. The fourth-order valence-electron chi connectivity index (χ4n) is 1.24. The van der Waals surface area contributed by atoms with Crippen LogP contribution in [-0.4, -0.2) is 6.54 Å². The minimum Gasteiger partial charge on any atom is -0.384 e. The van der Waals surface area contributed by atoms with Crippen LogP contribution in [0.5, 0.6) is 0 Å². The summed E-state index contributed by atoms with van der Waals surface area (Å²) in [4.78, 5) is 0. The quantitative estimate of drug-likeness (QED) is 0.556. The van der Waals surface area contributed by atoms with Crippen LogP contribution in [0.25, 0.3) is 0 Å². The molecule has 0 atom stereocenters.